The number of thioether (sulfide) groups is 1. The van der Waals surface area contributed by atoms with Crippen LogP contribution in [0.3, 0.4) is 0 Å². The highest BCUT2D eigenvalue weighted by Gasteiger charge is 2.29. The van der Waals surface area contributed by atoms with E-state index in [0.29, 0.717) is 48.7 Å². The first-order chi connectivity index (χ1) is 15.0. The molecular weight excluding hydrogens is 416 g/mol. The number of nitrogens with zero attached hydrogens (tertiary/aromatic N) is 1. The molecule has 0 radical (unpaired) electrons. The zero-order valence-corrected chi connectivity index (χ0v) is 19.1. The van der Waals surface area contributed by atoms with Crippen molar-refractivity contribution in [3.63, 3.8) is 0 Å². The van der Waals surface area contributed by atoms with Crippen molar-refractivity contribution >= 4 is 29.3 Å². The summed E-state index contributed by atoms with van der Waals surface area (Å²) in [6.45, 7) is 1.02. The fourth-order valence-corrected chi connectivity index (χ4v) is 4.14. The molecule has 2 aromatic carbocycles. The van der Waals surface area contributed by atoms with Gasteiger partial charge in [-0.2, -0.15) is 0 Å². The number of piperidine rings is 1. The Morgan fingerprint density at radius 1 is 1.00 bits per heavy atom. The third-order valence-electron chi connectivity index (χ3n) is 5.40. The second-order valence-electron chi connectivity index (χ2n) is 7.20. The largest absolute Gasteiger partial charge is 0.493 e. The van der Waals surface area contributed by atoms with Crippen LogP contribution in [-0.4, -0.2) is 57.4 Å². The molecule has 166 valence electrons. The third kappa shape index (κ3) is 5.25. The van der Waals surface area contributed by atoms with Crippen LogP contribution in [0.2, 0.25) is 0 Å². The molecule has 2 amide bonds. The van der Waals surface area contributed by atoms with Gasteiger partial charge in [-0.25, -0.2) is 0 Å². The van der Waals surface area contributed by atoms with Crippen LogP contribution in [0, 0.1) is 5.92 Å². The van der Waals surface area contributed by atoms with Gasteiger partial charge in [-0.1, -0.05) is 6.07 Å². The number of benzene rings is 2. The van der Waals surface area contributed by atoms with Crippen molar-refractivity contribution < 1.29 is 23.8 Å². The van der Waals surface area contributed by atoms with Crippen LogP contribution in [-0.2, 0) is 4.79 Å². The van der Waals surface area contributed by atoms with Crippen molar-refractivity contribution in [3.8, 4) is 17.2 Å². The lowest BCUT2D eigenvalue weighted by Gasteiger charge is -2.31. The normalized spacial score (nSPS) is 14.1. The number of amides is 2. The summed E-state index contributed by atoms with van der Waals surface area (Å²) >= 11 is 1.63. The number of ether oxygens (including phenoxy) is 3. The summed E-state index contributed by atoms with van der Waals surface area (Å²) in [7, 11) is 4.56. The summed E-state index contributed by atoms with van der Waals surface area (Å²) in [6.07, 6.45) is 3.23. The van der Waals surface area contributed by atoms with E-state index in [2.05, 4.69) is 5.32 Å². The monoisotopic (exact) mass is 444 g/mol. The van der Waals surface area contributed by atoms with Crippen LogP contribution in [0.1, 0.15) is 23.2 Å². The Balaban J connectivity index is 1.64. The number of likely N-dealkylation sites (tertiary alicyclic amines) is 1. The molecule has 0 unspecified atom stereocenters. The van der Waals surface area contributed by atoms with Crippen molar-refractivity contribution in [2.24, 2.45) is 5.92 Å². The molecule has 0 saturated carbocycles. The summed E-state index contributed by atoms with van der Waals surface area (Å²) < 4.78 is 16.0. The number of hydrogen-bond acceptors (Lipinski definition) is 6. The number of anilines is 1. The molecule has 0 bridgehead atoms. The highest BCUT2D eigenvalue weighted by molar-refractivity contribution is 7.98. The van der Waals surface area contributed by atoms with Crippen molar-refractivity contribution in [1.82, 2.24) is 4.90 Å². The molecule has 0 aliphatic carbocycles. The summed E-state index contributed by atoms with van der Waals surface area (Å²) in [5, 5.41) is 3.00. The van der Waals surface area contributed by atoms with Crippen LogP contribution in [0.25, 0.3) is 0 Å². The van der Waals surface area contributed by atoms with E-state index >= 15 is 0 Å². The topological polar surface area (TPSA) is 77.1 Å². The zero-order chi connectivity index (χ0) is 22.4. The smallest absolute Gasteiger partial charge is 0.254 e. The number of hydrogen-bond donors (Lipinski definition) is 1. The van der Waals surface area contributed by atoms with Crippen molar-refractivity contribution in [3.05, 3.63) is 42.0 Å². The van der Waals surface area contributed by atoms with Gasteiger partial charge in [0.15, 0.2) is 11.5 Å². The molecule has 0 atom stereocenters. The molecule has 7 nitrogen and oxygen atoms in total. The summed E-state index contributed by atoms with van der Waals surface area (Å²) in [6, 6.07) is 11.1. The molecule has 1 heterocycles. The molecule has 1 N–H and O–H groups in total. The van der Waals surface area contributed by atoms with Gasteiger partial charge in [0.05, 0.1) is 21.3 Å². The Bertz CT molecular complexity index is 916. The van der Waals surface area contributed by atoms with Gasteiger partial charge in [-0.15, -0.1) is 11.8 Å². The molecule has 0 spiro atoms. The van der Waals surface area contributed by atoms with Gasteiger partial charge in [0.1, 0.15) is 0 Å². The third-order valence-corrected chi connectivity index (χ3v) is 6.13. The Hall–Kier alpha value is -2.87. The lowest BCUT2D eigenvalue weighted by Crippen LogP contribution is -2.41. The molecule has 1 fully saturated rings. The maximum absolute atomic E-state index is 13.0. The first-order valence-electron chi connectivity index (χ1n) is 10.0. The molecule has 8 heteroatoms. The minimum absolute atomic E-state index is 0.00172. The molecule has 1 saturated heterocycles. The Kier molecular flexibility index (Phi) is 7.68. The van der Waals surface area contributed by atoms with Crippen molar-refractivity contribution in [1.29, 1.82) is 0 Å². The highest BCUT2D eigenvalue weighted by Crippen LogP contribution is 2.38. The van der Waals surface area contributed by atoms with Crippen molar-refractivity contribution in [2.75, 3.05) is 46.0 Å². The zero-order valence-electron chi connectivity index (χ0n) is 18.3. The molecule has 3 rings (SSSR count). The number of methoxy groups -OCH3 is 3. The second kappa shape index (κ2) is 10.4. The second-order valence-corrected chi connectivity index (χ2v) is 8.08. The average molecular weight is 445 g/mol. The van der Waals surface area contributed by atoms with E-state index in [0.717, 1.165) is 10.6 Å². The van der Waals surface area contributed by atoms with E-state index in [1.165, 1.54) is 21.3 Å². The molecule has 1 aliphatic rings. The van der Waals surface area contributed by atoms with Crippen LogP contribution in [0.15, 0.2) is 41.3 Å². The molecule has 2 aromatic rings. The predicted octanol–water partition coefficient (Wildman–Crippen LogP) is 3.93. The first-order valence-corrected chi connectivity index (χ1v) is 11.3. The van der Waals surface area contributed by atoms with Gasteiger partial charge in [0.2, 0.25) is 11.7 Å². The Morgan fingerprint density at radius 2 is 1.65 bits per heavy atom. The van der Waals surface area contributed by atoms with Gasteiger partial charge in [-0.3, -0.25) is 9.59 Å². The maximum Gasteiger partial charge on any atom is 0.254 e. The van der Waals surface area contributed by atoms with E-state index in [4.69, 9.17) is 14.2 Å². The summed E-state index contributed by atoms with van der Waals surface area (Å²) in [5.74, 6) is 1.08. The van der Waals surface area contributed by atoms with Crippen LogP contribution in [0.4, 0.5) is 5.69 Å². The maximum atomic E-state index is 13.0. The van der Waals surface area contributed by atoms with Gasteiger partial charge >= 0.3 is 0 Å². The Labute approximate surface area is 187 Å². The number of carbonyl (C=O) groups is 2. The number of nitrogens with one attached hydrogen (secondary N) is 1. The fourth-order valence-electron chi connectivity index (χ4n) is 3.68. The summed E-state index contributed by atoms with van der Waals surface area (Å²) in [5.41, 5.74) is 1.26. The lowest BCUT2D eigenvalue weighted by atomic mass is 9.95. The van der Waals surface area contributed by atoms with Gasteiger partial charge in [-0.05, 0) is 49.4 Å². The van der Waals surface area contributed by atoms with Crippen molar-refractivity contribution in [2.45, 2.75) is 17.7 Å². The predicted molar refractivity (Wildman–Crippen MR) is 122 cm³/mol. The first kappa shape index (κ1) is 22.8. The van der Waals surface area contributed by atoms with E-state index in [9.17, 15) is 9.59 Å². The standard InChI is InChI=1S/C23H28N2O5S/c1-28-19-12-16(13-20(29-2)21(19)30-3)23(27)25-10-8-15(9-11-25)22(26)24-17-6-5-7-18(14-17)31-4/h5-7,12-15H,8-11H2,1-4H3,(H,24,26). The molecule has 31 heavy (non-hydrogen) atoms. The van der Waals surface area contributed by atoms with Gasteiger partial charge in [0.25, 0.3) is 5.91 Å². The minimum Gasteiger partial charge on any atom is -0.493 e. The van der Waals surface area contributed by atoms with E-state index in [1.807, 2.05) is 30.5 Å². The average Bonchev–Trinajstić information content (AvgIpc) is 2.82. The number of rotatable bonds is 7. The molecular formula is C23H28N2O5S. The van der Waals surface area contributed by atoms with Crippen LogP contribution >= 0.6 is 11.8 Å². The fraction of sp³-hybridized carbons (Fsp3) is 0.391. The number of carbonyl (C=O) groups excluding carboxylic acids is 2. The quantitative estimate of drug-likeness (QED) is 0.652. The Morgan fingerprint density at radius 3 is 2.19 bits per heavy atom. The van der Waals surface area contributed by atoms with Gasteiger partial charge in [0, 0.05) is 35.2 Å². The molecule has 1 aliphatic heterocycles. The minimum atomic E-state index is -0.123. The molecule has 0 aromatic heterocycles. The highest BCUT2D eigenvalue weighted by atomic mass is 32.2. The van der Waals surface area contributed by atoms with E-state index in [-0.39, 0.29) is 17.7 Å². The van der Waals surface area contributed by atoms with E-state index < -0.39 is 0 Å². The summed E-state index contributed by atoms with van der Waals surface area (Å²) in [4.78, 5) is 28.6. The van der Waals surface area contributed by atoms with Crippen LogP contribution in [0.5, 0.6) is 17.2 Å². The van der Waals surface area contributed by atoms with E-state index in [1.54, 1.807) is 28.8 Å². The lowest BCUT2D eigenvalue weighted by molar-refractivity contribution is -0.121. The SMILES string of the molecule is COc1cc(C(=O)N2CCC(C(=O)Nc3cccc(SC)c3)CC2)cc(OC)c1OC. The van der Waals surface area contributed by atoms with Gasteiger partial charge < -0.3 is 24.4 Å². The van der Waals surface area contributed by atoms with Crippen LogP contribution < -0.4 is 19.5 Å².